The summed E-state index contributed by atoms with van der Waals surface area (Å²) in [5.41, 5.74) is 6.50. The second kappa shape index (κ2) is 7.69. The van der Waals surface area contributed by atoms with Crippen LogP contribution in [0.4, 0.5) is 11.5 Å². The number of hydrogen-bond donors (Lipinski definition) is 1. The minimum Gasteiger partial charge on any atom is -0.462 e. The summed E-state index contributed by atoms with van der Waals surface area (Å²) in [6.45, 7) is 7.21. The normalized spacial score (nSPS) is 10.7. The van der Waals surface area contributed by atoms with Gasteiger partial charge in [0.1, 0.15) is 11.4 Å². The summed E-state index contributed by atoms with van der Waals surface area (Å²) >= 11 is 0. The molecule has 0 spiro atoms. The number of nitrogens with zero attached hydrogens (tertiary/aromatic N) is 2. The average molecular weight is 281 g/mol. The molecule has 0 bridgehead atoms. The quantitative estimate of drug-likeness (QED) is 0.766. The first-order valence-corrected chi connectivity index (χ1v) is 6.71. The molecule has 0 unspecified atom stereocenters. The number of nitrogens with two attached hydrogens (primary N) is 1. The number of carbonyl (C=O) groups excluding carboxylic acids is 1. The zero-order valence-electron chi connectivity index (χ0n) is 12.5. The highest BCUT2D eigenvalue weighted by molar-refractivity contribution is 5.95. The molecule has 2 N–H and O–H groups in total. The van der Waals surface area contributed by atoms with Gasteiger partial charge in [0, 0.05) is 13.6 Å². The molecule has 0 aromatic carbocycles. The van der Waals surface area contributed by atoms with Crippen molar-refractivity contribution in [3.05, 3.63) is 17.8 Å². The highest BCUT2D eigenvalue weighted by atomic mass is 16.5. The van der Waals surface area contributed by atoms with Gasteiger partial charge in [0.15, 0.2) is 0 Å². The molecular formula is C14H23N3O3. The molecule has 1 aromatic rings. The Hall–Kier alpha value is -1.82. The topological polar surface area (TPSA) is 77.7 Å². The number of carbonyl (C=O) groups is 1. The van der Waals surface area contributed by atoms with Gasteiger partial charge >= 0.3 is 5.97 Å². The van der Waals surface area contributed by atoms with Crippen molar-refractivity contribution in [3.8, 4) is 0 Å². The Bertz CT molecular complexity index is 449. The van der Waals surface area contributed by atoms with Crippen molar-refractivity contribution < 1.29 is 14.3 Å². The predicted molar refractivity (Wildman–Crippen MR) is 79.0 cm³/mol. The predicted octanol–water partition coefficient (Wildman–Crippen LogP) is 1.70. The molecule has 0 fully saturated rings. The number of rotatable bonds is 7. The Kier molecular flexibility index (Phi) is 6.24. The number of pyridine rings is 1. The fourth-order valence-electron chi connectivity index (χ4n) is 1.67. The summed E-state index contributed by atoms with van der Waals surface area (Å²) in [4.78, 5) is 18.0. The standard InChI is InChI=1S/C14H23N3O3/c1-5-19-14(18)12-8-11(15)9-16-13(12)17(4)6-7-20-10(2)3/h8-10H,5-7,15H2,1-4H3. The minimum absolute atomic E-state index is 0.173. The molecule has 1 aromatic heterocycles. The first kappa shape index (κ1) is 16.2. The lowest BCUT2D eigenvalue weighted by Crippen LogP contribution is -2.27. The van der Waals surface area contributed by atoms with Gasteiger partial charge in [-0.3, -0.25) is 0 Å². The zero-order valence-corrected chi connectivity index (χ0v) is 12.5. The van der Waals surface area contributed by atoms with E-state index in [1.807, 2.05) is 25.8 Å². The molecule has 112 valence electrons. The lowest BCUT2D eigenvalue weighted by molar-refractivity contribution is 0.0526. The van der Waals surface area contributed by atoms with Crippen LogP contribution in [0.5, 0.6) is 0 Å². The summed E-state index contributed by atoms with van der Waals surface area (Å²) in [7, 11) is 1.85. The Morgan fingerprint density at radius 1 is 1.50 bits per heavy atom. The average Bonchev–Trinajstić information content (AvgIpc) is 2.38. The third-order valence-electron chi connectivity index (χ3n) is 2.62. The van der Waals surface area contributed by atoms with Gasteiger partial charge in [-0.1, -0.05) is 0 Å². The van der Waals surface area contributed by atoms with Crippen LogP contribution in [-0.4, -0.2) is 43.9 Å². The molecule has 0 aliphatic carbocycles. The lowest BCUT2D eigenvalue weighted by Gasteiger charge is -2.21. The second-order valence-corrected chi connectivity index (χ2v) is 4.70. The molecular weight excluding hydrogens is 258 g/mol. The van der Waals surface area contributed by atoms with Crippen molar-refractivity contribution in [2.75, 3.05) is 37.4 Å². The van der Waals surface area contributed by atoms with Crippen LogP contribution >= 0.6 is 0 Å². The van der Waals surface area contributed by atoms with Crippen LogP contribution in [0.2, 0.25) is 0 Å². The second-order valence-electron chi connectivity index (χ2n) is 4.70. The largest absolute Gasteiger partial charge is 0.462 e. The van der Waals surface area contributed by atoms with Crippen molar-refractivity contribution in [1.29, 1.82) is 0 Å². The molecule has 6 heteroatoms. The summed E-state index contributed by atoms with van der Waals surface area (Å²) in [6, 6.07) is 1.58. The van der Waals surface area contributed by atoms with E-state index >= 15 is 0 Å². The highest BCUT2D eigenvalue weighted by Crippen LogP contribution is 2.20. The molecule has 0 atom stereocenters. The zero-order chi connectivity index (χ0) is 15.1. The fourth-order valence-corrected chi connectivity index (χ4v) is 1.67. The Balaban J connectivity index is 2.84. The van der Waals surface area contributed by atoms with Crippen molar-refractivity contribution in [3.63, 3.8) is 0 Å². The van der Waals surface area contributed by atoms with Gasteiger partial charge in [0.05, 0.1) is 31.2 Å². The summed E-state index contributed by atoms with van der Waals surface area (Å²) in [5.74, 6) is 0.129. The number of esters is 1. The third kappa shape index (κ3) is 4.70. The van der Waals surface area contributed by atoms with Crippen LogP contribution in [0, 0.1) is 0 Å². The number of likely N-dealkylation sites (N-methyl/N-ethyl adjacent to an activating group) is 1. The van der Waals surface area contributed by atoms with E-state index in [1.54, 1.807) is 13.0 Å². The number of anilines is 2. The number of aromatic nitrogens is 1. The molecule has 0 aliphatic rings. The van der Waals surface area contributed by atoms with Crippen LogP contribution < -0.4 is 10.6 Å². The highest BCUT2D eigenvalue weighted by Gasteiger charge is 2.17. The Morgan fingerprint density at radius 2 is 2.20 bits per heavy atom. The van der Waals surface area contributed by atoms with Crippen LogP contribution in [0.25, 0.3) is 0 Å². The minimum atomic E-state index is -0.418. The maximum Gasteiger partial charge on any atom is 0.341 e. The molecule has 0 amide bonds. The monoisotopic (exact) mass is 281 g/mol. The Labute approximate surface area is 119 Å². The SMILES string of the molecule is CCOC(=O)c1cc(N)cnc1N(C)CCOC(C)C. The van der Waals surface area contributed by atoms with Crippen molar-refractivity contribution in [2.45, 2.75) is 26.9 Å². The number of nitrogen functional groups attached to an aromatic ring is 1. The van der Waals surface area contributed by atoms with Gasteiger partial charge in [-0.25, -0.2) is 9.78 Å². The Morgan fingerprint density at radius 3 is 2.80 bits per heavy atom. The smallest absolute Gasteiger partial charge is 0.341 e. The molecule has 20 heavy (non-hydrogen) atoms. The molecule has 0 aliphatic heterocycles. The molecule has 6 nitrogen and oxygen atoms in total. The van der Waals surface area contributed by atoms with E-state index in [0.29, 0.717) is 36.8 Å². The van der Waals surface area contributed by atoms with Gasteiger partial charge in [0.25, 0.3) is 0 Å². The molecule has 0 saturated heterocycles. The van der Waals surface area contributed by atoms with Gasteiger partial charge in [-0.05, 0) is 26.8 Å². The lowest BCUT2D eigenvalue weighted by atomic mass is 10.2. The summed E-state index contributed by atoms with van der Waals surface area (Å²) < 4.78 is 10.5. The summed E-state index contributed by atoms with van der Waals surface area (Å²) in [5, 5.41) is 0. The van der Waals surface area contributed by atoms with Crippen molar-refractivity contribution in [2.24, 2.45) is 0 Å². The first-order chi connectivity index (χ1) is 9.45. The summed E-state index contributed by atoms with van der Waals surface area (Å²) in [6.07, 6.45) is 1.70. The number of ether oxygens (including phenoxy) is 2. The van der Waals surface area contributed by atoms with Crippen molar-refractivity contribution >= 4 is 17.5 Å². The van der Waals surface area contributed by atoms with Crippen molar-refractivity contribution in [1.82, 2.24) is 4.98 Å². The van der Waals surface area contributed by atoms with Crippen LogP contribution in [0.1, 0.15) is 31.1 Å². The van der Waals surface area contributed by atoms with E-state index in [2.05, 4.69) is 4.98 Å². The van der Waals surface area contributed by atoms with E-state index < -0.39 is 5.97 Å². The fraction of sp³-hybridized carbons (Fsp3) is 0.571. The molecule has 0 saturated carbocycles. The molecule has 1 rings (SSSR count). The maximum atomic E-state index is 11.9. The van der Waals surface area contributed by atoms with Crippen LogP contribution in [0.15, 0.2) is 12.3 Å². The molecule has 0 radical (unpaired) electrons. The van der Waals surface area contributed by atoms with E-state index in [9.17, 15) is 4.79 Å². The number of hydrogen-bond acceptors (Lipinski definition) is 6. The third-order valence-corrected chi connectivity index (χ3v) is 2.62. The van der Waals surface area contributed by atoms with Gasteiger partial charge in [-0.15, -0.1) is 0 Å². The van der Waals surface area contributed by atoms with E-state index in [1.165, 1.54) is 6.20 Å². The first-order valence-electron chi connectivity index (χ1n) is 6.71. The van der Waals surface area contributed by atoms with E-state index in [4.69, 9.17) is 15.2 Å². The van der Waals surface area contributed by atoms with Gasteiger partial charge in [-0.2, -0.15) is 0 Å². The van der Waals surface area contributed by atoms with E-state index in [0.717, 1.165) is 0 Å². The maximum absolute atomic E-state index is 11.9. The van der Waals surface area contributed by atoms with E-state index in [-0.39, 0.29) is 6.10 Å². The van der Waals surface area contributed by atoms with Crippen LogP contribution in [-0.2, 0) is 9.47 Å². The van der Waals surface area contributed by atoms with Gasteiger partial charge < -0.3 is 20.1 Å². The molecule has 1 heterocycles. The van der Waals surface area contributed by atoms with Crippen LogP contribution in [0.3, 0.4) is 0 Å². The van der Waals surface area contributed by atoms with Gasteiger partial charge in [0.2, 0.25) is 0 Å².